The molecule has 0 bridgehead atoms. The van der Waals surface area contributed by atoms with Crippen molar-refractivity contribution in [3.05, 3.63) is 29.8 Å². The van der Waals surface area contributed by atoms with Crippen molar-refractivity contribution in [2.45, 2.75) is 5.25 Å². The molecule has 2 heteroatoms. The van der Waals surface area contributed by atoms with Gasteiger partial charge in [0.1, 0.15) is 0 Å². The lowest BCUT2D eigenvalue weighted by atomic mass is 10.1. The molecule has 1 aromatic carbocycles. The third-order valence-electron chi connectivity index (χ3n) is 1.62. The van der Waals surface area contributed by atoms with Crippen molar-refractivity contribution in [1.82, 2.24) is 0 Å². The van der Waals surface area contributed by atoms with E-state index in [-0.39, 0.29) is 0 Å². The number of anilines is 1. The highest BCUT2D eigenvalue weighted by Gasteiger charge is 2.23. The van der Waals surface area contributed by atoms with E-state index in [2.05, 4.69) is 12.1 Å². The number of benzene rings is 1. The Morgan fingerprint density at radius 2 is 2.30 bits per heavy atom. The van der Waals surface area contributed by atoms with Crippen LogP contribution in [0.1, 0.15) is 10.8 Å². The largest absolute Gasteiger partial charge is 0.399 e. The van der Waals surface area contributed by atoms with E-state index in [0.29, 0.717) is 0 Å². The van der Waals surface area contributed by atoms with Crippen molar-refractivity contribution in [3.8, 4) is 0 Å². The molecule has 1 nitrogen and oxygen atoms in total. The molecule has 0 aliphatic carbocycles. The van der Waals surface area contributed by atoms with Gasteiger partial charge in [-0.05, 0) is 17.7 Å². The zero-order valence-corrected chi connectivity index (χ0v) is 6.40. The van der Waals surface area contributed by atoms with Crippen LogP contribution in [-0.2, 0) is 0 Å². The van der Waals surface area contributed by atoms with Gasteiger partial charge < -0.3 is 5.73 Å². The Hall–Kier alpha value is -0.630. The van der Waals surface area contributed by atoms with Crippen molar-refractivity contribution in [2.75, 3.05) is 11.5 Å². The lowest BCUT2D eigenvalue weighted by molar-refractivity contribution is 1.23. The van der Waals surface area contributed by atoms with Gasteiger partial charge in [-0.2, -0.15) is 11.8 Å². The molecule has 1 atom stereocenters. The SMILES string of the molecule is Nc1cccc(C2CS2)c1. The lowest BCUT2D eigenvalue weighted by Crippen LogP contribution is -1.85. The maximum Gasteiger partial charge on any atom is 0.0389 e. The van der Waals surface area contributed by atoms with Crippen LogP contribution in [0.4, 0.5) is 5.69 Å². The highest BCUT2D eigenvalue weighted by molar-refractivity contribution is 8.06. The van der Waals surface area contributed by atoms with Crippen molar-refractivity contribution in [2.24, 2.45) is 0 Å². The van der Waals surface area contributed by atoms with Crippen molar-refractivity contribution in [3.63, 3.8) is 0 Å². The summed E-state index contributed by atoms with van der Waals surface area (Å²) in [7, 11) is 0. The molecule has 10 heavy (non-hydrogen) atoms. The zero-order valence-electron chi connectivity index (χ0n) is 5.58. The minimum absolute atomic E-state index is 0.739. The van der Waals surface area contributed by atoms with E-state index in [4.69, 9.17) is 5.73 Å². The van der Waals surface area contributed by atoms with E-state index >= 15 is 0 Å². The highest BCUT2D eigenvalue weighted by Crippen LogP contribution is 2.46. The molecule has 0 spiro atoms. The van der Waals surface area contributed by atoms with Gasteiger partial charge in [0, 0.05) is 16.7 Å². The van der Waals surface area contributed by atoms with E-state index < -0.39 is 0 Å². The maximum atomic E-state index is 5.61. The number of nitrogens with two attached hydrogens (primary N) is 1. The molecule has 1 aromatic rings. The summed E-state index contributed by atoms with van der Waals surface area (Å²) in [6, 6.07) is 8.14. The lowest BCUT2D eigenvalue weighted by Gasteiger charge is -1.96. The van der Waals surface area contributed by atoms with Crippen LogP contribution in [0.15, 0.2) is 24.3 Å². The molecule has 1 saturated heterocycles. The quantitative estimate of drug-likeness (QED) is 0.491. The summed E-state index contributed by atoms with van der Waals surface area (Å²) in [4.78, 5) is 0. The summed E-state index contributed by atoms with van der Waals surface area (Å²) in [6.07, 6.45) is 0. The molecule has 1 aliphatic heterocycles. The second-order valence-corrected chi connectivity index (χ2v) is 3.73. The molecule has 1 fully saturated rings. The van der Waals surface area contributed by atoms with E-state index in [1.807, 2.05) is 23.9 Å². The van der Waals surface area contributed by atoms with Gasteiger partial charge in [0.2, 0.25) is 0 Å². The Bertz CT molecular complexity index is 243. The third kappa shape index (κ3) is 1.12. The third-order valence-corrected chi connectivity index (χ3v) is 2.55. The van der Waals surface area contributed by atoms with Crippen LogP contribution < -0.4 is 5.73 Å². The van der Waals surface area contributed by atoms with Gasteiger partial charge in [-0.1, -0.05) is 12.1 Å². The minimum Gasteiger partial charge on any atom is -0.399 e. The van der Waals surface area contributed by atoms with Gasteiger partial charge in [-0.15, -0.1) is 0 Å². The van der Waals surface area contributed by atoms with E-state index in [9.17, 15) is 0 Å². The van der Waals surface area contributed by atoms with E-state index in [1.165, 1.54) is 11.3 Å². The van der Waals surface area contributed by atoms with Crippen molar-refractivity contribution < 1.29 is 0 Å². The molecule has 2 rings (SSSR count). The molecule has 1 unspecified atom stereocenters. The van der Waals surface area contributed by atoms with Gasteiger partial charge in [0.05, 0.1) is 0 Å². The smallest absolute Gasteiger partial charge is 0.0389 e. The predicted molar refractivity (Wildman–Crippen MR) is 46.1 cm³/mol. The molecular formula is C8H9NS. The standard InChI is InChI=1S/C8H9NS/c9-7-3-1-2-6(4-7)8-5-10-8/h1-4,8H,5,9H2. The zero-order chi connectivity index (χ0) is 6.97. The maximum absolute atomic E-state index is 5.61. The molecule has 0 amide bonds. The van der Waals surface area contributed by atoms with Gasteiger partial charge >= 0.3 is 0 Å². The Morgan fingerprint density at radius 1 is 1.50 bits per heavy atom. The molecule has 0 saturated carbocycles. The van der Waals surface area contributed by atoms with Crippen molar-refractivity contribution in [1.29, 1.82) is 0 Å². The summed E-state index contributed by atoms with van der Waals surface area (Å²) in [6.45, 7) is 0. The first kappa shape index (κ1) is 6.10. The summed E-state index contributed by atoms with van der Waals surface area (Å²) in [5.74, 6) is 1.27. The second kappa shape index (κ2) is 2.20. The van der Waals surface area contributed by atoms with Crippen LogP contribution in [0.5, 0.6) is 0 Å². The molecule has 2 N–H and O–H groups in total. The number of hydrogen-bond donors (Lipinski definition) is 1. The van der Waals surface area contributed by atoms with Gasteiger partial charge in [-0.25, -0.2) is 0 Å². The predicted octanol–water partition coefficient (Wildman–Crippen LogP) is 2.06. The van der Waals surface area contributed by atoms with Gasteiger partial charge in [0.15, 0.2) is 0 Å². The highest BCUT2D eigenvalue weighted by atomic mass is 32.2. The van der Waals surface area contributed by atoms with Crippen LogP contribution in [0.3, 0.4) is 0 Å². The van der Waals surface area contributed by atoms with Crippen molar-refractivity contribution >= 4 is 17.4 Å². The fraction of sp³-hybridized carbons (Fsp3) is 0.250. The second-order valence-electron chi connectivity index (χ2n) is 2.49. The Kier molecular flexibility index (Phi) is 1.34. The monoisotopic (exact) mass is 151 g/mol. The first-order valence-corrected chi connectivity index (χ1v) is 4.38. The number of hydrogen-bond acceptors (Lipinski definition) is 2. The molecule has 52 valence electrons. The topological polar surface area (TPSA) is 26.0 Å². The first-order chi connectivity index (χ1) is 4.86. The average molecular weight is 151 g/mol. The Balaban J connectivity index is 2.32. The van der Waals surface area contributed by atoms with Crippen LogP contribution in [0.25, 0.3) is 0 Å². The summed E-state index contributed by atoms with van der Waals surface area (Å²) in [5.41, 5.74) is 7.87. The Morgan fingerprint density at radius 3 is 2.90 bits per heavy atom. The number of rotatable bonds is 1. The molecule has 0 aromatic heterocycles. The Labute approximate surface area is 64.6 Å². The molecule has 0 radical (unpaired) electrons. The summed E-state index contributed by atoms with van der Waals surface area (Å²) < 4.78 is 0. The molecular weight excluding hydrogens is 142 g/mol. The van der Waals surface area contributed by atoms with Gasteiger partial charge in [0.25, 0.3) is 0 Å². The van der Waals surface area contributed by atoms with Crippen LogP contribution >= 0.6 is 11.8 Å². The first-order valence-electron chi connectivity index (χ1n) is 3.33. The van der Waals surface area contributed by atoms with Crippen LogP contribution in [0.2, 0.25) is 0 Å². The summed E-state index contributed by atoms with van der Waals surface area (Å²) in [5, 5.41) is 0.739. The van der Waals surface area contributed by atoms with Gasteiger partial charge in [-0.3, -0.25) is 0 Å². The normalized spacial score (nSPS) is 22.6. The van der Waals surface area contributed by atoms with Crippen LogP contribution in [-0.4, -0.2) is 5.75 Å². The van der Waals surface area contributed by atoms with E-state index in [0.717, 1.165) is 10.9 Å². The molecule has 1 aliphatic rings. The fourth-order valence-corrected chi connectivity index (χ4v) is 1.63. The van der Waals surface area contributed by atoms with E-state index in [1.54, 1.807) is 0 Å². The average Bonchev–Trinajstić information content (AvgIpc) is 2.68. The molecule has 1 heterocycles. The minimum atomic E-state index is 0.739. The summed E-state index contributed by atoms with van der Waals surface area (Å²) >= 11 is 1.97. The number of nitrogen functional groups attached to an aromatic ring is 1. The fourth-order valence-electron chi connectivity index (χ4n) is 1.000. The number of thioether (sulfide) groups is 1. The van der Waals surface area contributed by atoms with Crippen LogP contribution in [0, 0.1) is 0 Å².